The van der Waals surface area contributed by atoms with E-state index in [1.165, 1.54) is 25.3 Å². The van der Waals surface area contributed by atoms with Crippen molar-refractivity contribution in [2.75, 3.05) is 25.9 Å². The van der Waals surface area contributed by atoms with Crippen LogP contribution >= 0.6 is 0 Å². The first kappa shape index (κ1) is 20.0. The van der Waals surface area contributed by atoms with Crippen molar-refractivity contribution in [2.24, 2.45) is 0 Å². The topological polar surface area (TPSA) is 120 Å². The van der Waals surface area contributed by atoms with Gasteiger partial charge in [0.1, 0.15) is 11.4 Å². The number of hydrogen-bond donors (Lipinski definition) is 3. The van der Waals surface area contributed by atoms with Crippen LogP contribution in [0.3, 0.4) is 0 Å². The highest BCUT2D eigenvalue weighted by Gasteiger charge is 2.17. The van der Waals surface area contributed by atoms with Gasteiger partial charge in [-0.05, 0) is 45.4 Å². The quantitative estimate of drug-likeness (QED) is 0.501. The largest absolute Gasteiger partial charge is 0.495 e. The van der Waals surface area contributed by atoms with E-state index < -0.39 is 21.7 Å². The maximum absolute atomic E-state index is 12.1. The van der Waals surface area contributed by atoms with Gasteiger partial charge in [-0.15, -0.1) is 0 Å². The van der Waals surface area contributed by atoms with Gasteiger partial charge in [-0.1, -0.05) is 0 Å². The molecule has 9 heteroatoms. The van der Waals surface area contributed by atoms with Gasteiger partial charge in [0, 0.05) is 13.1 Å². The zero-order chi connectivity index (χ0) is 18.4. The Balaban J connectivity index is 2.44. The van der Waals surface area contributed by atoms with Crippen molar-refractivity contribution in [3.8, 4) is 5.75 Å². The van der Waals surface area contributed by atoms with Gasteiger partial charge in [0.2, 0.25) is 10.0 Å². The fourth-order valence-corrected chi connectivity index (χ4v) is 2.87. The lowest BCUT2D eigenvalue weighted by atomic mass is 10.2. The number of nitrogen functional groups attached to an aromatic ring is 1. The molecule has 0 heterocycles. The summed E-state index contributed by atoms with van der Waals surface area (Å²) in [6, 6.07) is 4.24. The molecule has 0 aliphatic heterocycles. The van der Waals surface area contributed by atoms with Gasteiger partial charge in [-0.3, -0.25) is 0 Å². The minimum Gasteiger partial charge on any atom is -0.495 e. The minimum atomic E-state index is -3.67. The van der Waals surface area contributed by atoms with Crippen LogP contribution in [0.15, 0.2) is 23.1 Å². The van der Waals surface area contributed by atoms with E-state index in [-0.39, 0.29) is 17.1 Å². The number of carbonyl (C=O) groups excluding carboxylic acids is 1. The van der Waals surface area contributed by atoms with Crippen molar-refractivity contribution < 1.29 is 22.7 Å². The van der Waals surface area contributed by atoms with Gasteiger partial charge in [0.25, 0.3) is 0 Å². The molecule has 24 heavy (non-hydrogen) atoms. The second kappa shape index (κ2) is 8.20. The molecule has 1 amide bonds. The number of sulfonamides is 1. The Kier molecular flexibility index (Phi) is 6.85. The number of methoxy groups -OCH3 is 1. The summed E-state index contributed by atoms with van der Waals surface area (Å²) in [4.78, 5) is 11.5. The molecule has 1 aromatic carbocycles. The van der Waals surface area contributed by atoms with Crippen LogP contribution in [0.2, 0.25) is 0 Å². The number of nitrogens with two attached hydrogens (primary N) is 1. The van der Waals surface area contributed by atoms with Gasteiger partial charge in [-0.2, -0.15) is 0 Å². The first-order valence-electron chi connectivity index (χ1n) is 7.45. The molecule has 0 atom stereocenters. The third kappa shape index (κ3) is 6.63. The molecule has 1 rings (SSSR count). The molecular formula is C15H25N3O5S. The Morgan fingerprint density at radius 2 is 1.92 bits per heavy atom. The second-order valence-corrected chi connectivity index (χ2v) is 7.85. The Hall–Kier alpha value is -2.00. The minimum absolute atomic E-state index is 0.0564. The summed E-state index contributed by atoms with van der Waals surface area (Å²) in [7, 11) is -2.21. The number of amides is 1. The maximum Gasteiger partial charge on any atom is 0.407 e. The monoisotopic (exact) mass is 359 g/mol. The van der Waals surface area contributed by atoms with Gasteiger partial charge in [-0.25, -0.2) is 17.9 Å². The lowest BCUT2D eigenvalue weighted by Gasteiger charge is -2.19. The average molecular weight is 359 g/mol. The Morgan fingerprint density at radius 1 is 1.25 bits per heavy atom. The van der Waals surface area contributed by atoms with Crippen LogP contribution in [0.5, 0.6) is 5.75 Å². The van der Waals surface area contributed by atoms with E-state index in [9.17, 15) is 13.2 Å². The van der Waals surface area contributed by atoms with E-state index in [0.29, 0.717) is 18.7 Å². The van der Waals surface area contributed by atoms with Gasteiger partial charge >= 0.3 is 6.09 Å². The molecule has 8 nitrogen and oxygen atoms in total. The summed E-state index contributed by atoms with van der Waals surface area (Å²) in [5.74, 6) is 0.413. The molecule has 0 aromatic heterocycles. The number of rotatable bonds is 7. The van der Waals surface area contributed by atoms with E-state index in [1.807, 2.05) is 0 Å². The molecule has 0 unspecified atom stereocenters. The van der Waals surface area contributed by atoms with E-state index in [0.717, 1.165) is 0 Å². The van der Waals surface area contributed by atoms with Crippen LogP contribution in [0, 0.1) is 0 Å². The van der Waals surface area contributed by atoms with Crippen LogP contribution in [-0.2, 0) is 14.8 Å². The van der Waals surface area contributed by atoms with Crippen molar-refractivity contribution >= 4 is 21.8 Å². The fourth-order valence-electron chi connectivity index (χ4n) is 1.76. The van der Waals surface area contributed by atoms with Crippen LogP contribution < -0.4 is 20.5 Å². The lowest BCUT2D eigenvalue weighted by Crippen LogP contribution is -2.34. The summed E-state index contributed by atoms with van der Waals surface area (Å²) < 4.78 is 36.8. The van der Waals surface area contributed by atoms with Crippen molar-refractivity contribution in [2.45, 2.75) is 37.7 Å². The molecule has 0 bridgehead atoms. The van der Waals surface area contributed by atoms with Crippen LogP contribution in [0.1, 0.15) is 27.2 Å². The predicted octanol–water partition coefficient (Wildman–Crippen LogP) is 1.47. The van der Waals surface area contributed by atoms with E-state index in [4.69, 9.17) is 15.2 Å². The van der Waals surface area contributed by atoms with Crippen molar-refractivity contribution in [1.29, 1.82) is 0 Å². The number of carbonyl (C=O) groups is 1. The third-order valence-electron chi connectivity index (χ3n) is 2.83. The van der Waals surface area contributed by atoms with Crippen molar-refractivity contribution in [3.63, 3.8) is 0 Å². The first-order chi connectivity index (χ1) is 11.0. The average Bonchev–Trinajstić information content (AvgIpc) is 2.44. The molecule has 0 saturated carbocycles. The fraction of sp³-hybridized carbons (Fsp3) is 0.533. The number of anilines is 1. The zero-order valence-electron chi connectivity index (χ0n) is 14.4. The SMILES string of the molecule is COc1ccc(S(=O)(=O)NCCCNC(=O)OC(C)(C)C)cc1N. The van der Waals surface area contributed by atoms with Gasteiger partial charge in [0.05, 0.1) is 17.7 Å². The molecule has 0 radical (unpaired) electrons. The lowest BCUT2D eigenvalue weighted by molar-refractivity contribution is 0.0527. The number of hydrogen-bond acceptors (Lipinski definition) is 6. The number of benzene rings is 1. The summed E-state index contributed by atoms with van der Waals surface area (Å²) >= 11 is 0. The Morgan fingerprint density at radius 3 is 2.46 bits per heavy atom. The van der Waals surface area contributed by atoms with E-state index in [2.05, 4.69) is 10.0 Å². The summed E-state index contributed by atoms with van der Waals surface area (Å²) in [6.07, 6.45) is -0.113. The summed E-state index contributed by atoms with van der Waals surface area (Å²) in [6.45, 7) is 5.76. The summed E-state index contributed by atoms with van der Waals surface area (Å²) in [5.41, 5.74) is 5.38. The molecular weight excluding hydrogens is 334 g/mol. The van der Waals surface area contributed by atoms with Crippen molar-refractivity contribution in [3.05, 3.63) is 18.2 Å². The van der Waals surface area contributed by atoms with Gasteiger partial charge in [0.15, 0.2) is 0 Å². The molecule has 1 aromatic rings. The van der Waals surface area contributed by atoms with Gasteiger partial charge < -0.3 is 20.5 Å². The highest BCUT2D eigenvalue weighted by atomic mass is 32.2. The highest BCUT2D eigenvalue weighted by molar-refractivity contribution is 7.89. The maximum atomic E-state index is 12.1. The molecule has 0 spiro atoms. The number of nitrogens with one attached hydrogen (secondary N) is 2. The summed E-state index contributed by atoms with van der Waals surface area (Å²) in [5, 5.41) is 2.56. The van der Waals surface area contributed by atoms with E-state index in [1.54, 1.807) is 20.8 Å². The Bertz CT molecular complexity index is 668. The highest BCUT2D eigenvalue weighted by Crippen LogP contribution is 2.24. The standard InChI is InChI=1S/C15H25N3O5S/c1-15(2,3)23-14(19)17-8-5-9-18-24(20,21)11-6-7-13(22-4)12(16)10-11/h6-7,10,18H,5,8-9,16H2,1-4H3,(H,17,19). The number of ether oxygens (including phenoxy) is 2. The van der Waals surface area contributed by atoms with E-state index >= 15 is 0 Å². The molecule has 136 valence electrons. The molecule has 0 aliphatic carbocycles. The number of alkyl carbamates (subject to hydrolysis) is 1. The normalized spacial score (nSPS) is 11.8. The third-order valence-corrected chi connectivity index (χ3v) is 4.28. The second-order valence-electron chi connectivity index (χ2n) is 6.08. The first-order valence-corrected chi connectivity index (χ1v) is 8.93. The molecule has 0 saturated heterocycles. The van der Waals surface area contributed by atoms with Crippen LogP contribution in [-0.4, -0.2) is 40.3 Å². The predicted molar refractivity (Wildman–Crippen MR) is 91.4 cm³/mol. The zero-order valence-corrected chi connectivity index (χ0v) is 15.2. The molecule has 4 N–H and O–H groups in total. The smallest absolute Gasteiger partial charge is 0.407 e. The Labute approximate surface area is 142 Å². The molecule has 0 aliphatic rings. The van der Waals surface area contributed by atoms with Crippen LogP contribution in [0.4, 0.5) is 10.5 Å². The molecule has 0 fully saturated rings. The van der Waals surface area contributed by atoms with Crippen LogP contribution in [0.25, 0.3) is 0 Å². The van der Waals surface area contributed by atoms with Crippen molar-refractivity contribution in [1.82, 2.24) is 10.0 Å².